The highest BCUT2D eigenvalue weighted by Gasteiger charge is 2.27. The lowest BCUT2D eigenvalue weighted by Crippen LogP contribution is -2.40. The van der Waals surface area contributed by atoms with E-state index in [9.17, 15) is 4.79 Å². The number of nitrogens with one attached hydrogen (secondary N) is 1. The molecule has 1 aliphatic heterocycles. The molecular weight excluding hydrogens is 414 g/mol. The van der Waals surface area contributed by atoms with Crippen molar-refractivity contribution in [3.63, 3.8) is 0 Å². The smallest absolute Gasteiger partial charge is 0.223 e. The molecule has 0 unspecified atom stereocenters. The average molecular weight is 438 g/mol. The molecule has 4 aromatic heterocycles. The molecule has 1 aliphatic rings. The SMILES string of the molecule is Cc1cc(C)c2c(n1)sc1c(N3CCC(C(=O)NCc4cccs4)CC3)ncnc12. The van der Waals surface area contributed by atoms with Gasteiger partial charge in [-0.15, -0.1) is 22.7 Å². The number of hydrogen-bond acceptors (Lipinski definition) is 7. The summed E-state index contributed by atoms with van der Waals surface area (Å²) in [5.74, 6) is 1.19. The summed E-state index contributed by atoms with van der Waals surface area (Å²) in [4.78, 5) is 31.0. The molecule has 1 saturated heterocycles. The number of aryl methyl sites for hydroxylation is 2. The Labute approximate surface area is 183 Å². The zero-order valence-electron chi connectivity index (χ0n) is 17.0. The van der Waals surface area contributed by atoms with Crippen molar-refractivity contribution in [1.82, 2.24) is 20.3 Å². The number of nitrogens with zero attached hydrogens (tertiary/aromatic N) is 4. The number of anilines is 1. The van der Waals surface area contributed by atoms with Crippen molar-refractivity contribution in [2.45, 2.75) is 33.2 Å². The molecule has 0 bridgehead atoms. The first-order valence-electron chi connectivity index (χ1n) is 10.2. The van der Waals surface area contributed by atoms with Gasteiger partial charge in [-0.1, -0.05) is 6.07 Å². The Kier molecular flexibility index (Phi) is 5.12. The van der Waals surface area contributed by atoms with Gasteiger partial charge >= 0.3 is 0 Å². The van der Waals surface area contributed by atoms with Gasteiger partial charge in [-0.3, -0.25) is 4.79 Å². The molecule has 0 aromatic carbocycles. The average Bonchev–Trinajstić information content (AvgIpc) is 3.39. The van der Waals surface area contributed by atoms with Crippen molar-refractivity contribution in [1.29, 1.82) is 0 Å². The fraction of sp³-hybridized carbons (Fsp3) is 0.364. The fourth-order valence-electron chi connectivity index (χ4n) is 4.21. The monoisotopic (exact) mass is 437 g/mol. The molecule has 1 fully saturated rings. The maximum absolute atomic E-state index is 12.6. The number of amides is 1. The maximum Gasteiger partial charge on any atom is 0.223 e. The molecule has 154 valence electrons. The number of thiophene rings is 2. The van der Waals surface area contributed by atoms with E-state index in [4.69, 9.17) is 4.98 Å². The third-order valence-corrected chi connectivity index (χ3v) is 7.66. The highest BCUT2D eigenvalue weighted by Crippen LogP contribution is 2.38. The van der Waals surface area contributed by atoms with Crippen LogP contribution >= 0.6 is 22.7 Å². The minimum atomic E-state index is 0.0625. The molecule has 5 heterocycles. The number of carbonyl (C=O) groups is 1. The van der Waals surface area contributed by atoms with Crippen LogP contribution < -0.4 is 10.2 Å². The second kappa shape index (κ2) is 7.92. The van der Waals surface area contributed by atoms with Crippen LogP contribution in [0.15, 0.2) is 29.9 Å². The van der Waals surface area contributed by atoms with Gasteiger partial charge in [-0.2, -0.15) is 0 Å². The van der Waals surface area contributed by atoms with Crippen molar-refractivity contribution in [3.05, 3.63) is 46.0 Å². The van der Waals surface area contributed by atoms with Crippen molar-refractivity contribution < 1.29 is 4.79 Å². The minimum Gasteiger partial charge on any atom is -0.355 e. The van der Waals surface area contributed by atoms with E-state index >= 15 is 0 Å². The van der Waals surface area contributed by atoms with Crippen LogP contribution in [0.2, 0.25) is 0 Å². The van der Waals surface area contributed by atoms with E-state index in [1.54, 1.807) is 29.0 Å². The van der Waals surface area contributed by atoms with Crippen molar-refractivity contribution in [2.24, 2.45) is 5.92 Å². The predicted molar refractivity (Wildman–Crippen MR) is 123 cm³/mol. The number of aromatic nitrogens is 3. The van der Waals surface area contributed by atoms with Crippen LogP contribution in [0.25, 0.3) is 20.4 Å². The molecule has 8 heteroatoms. The molecule has 0 aliphatic carbocycles. The minimum absolute atomic E-state index is 0.0625. The number of hydrogen-bond donors (Lipinski definition) is 1. The van der Waals surface area contributed by atoms with Crippen LogP contribution in [0, 0.1) is 19.8 Å². The Morgan fingerprint density at radius 1 is 1.27 bits per heavy atom. The lowest BCUT2D eigenvalue weighted by atomic mass is 9.96. The second-order valence-corrected chi connectivity index (χ2v) is 9.83. The summed E-state index contributed by atoms with van der Waals surface area (Å²) in [5.41, 5.74) is 3.21. The zero-order chi connectivity index (χ0) is 20.7. The lowest BCUT2D eigenvalue weighted by molar-refractivity contribution is -0.125. The maximum atomic E-state index is 12.6. The molecule has 4 aromatic rings. The van der Waals surface area contributed by atoms with Gasteiger partial charge in [0.05, 0.1) is 16.8 Å². The van der Waals surface area contributed by atoms with Gasteiger partial charge < -0.3 is 10.2 Å². The molecule has 0 spiro atoms. The van der Waals surface area contributed by atoms with Crippen LogP contribution in [0.5, 0.6) is 0 Å². The molecule has 6 nitrogen and oxygen atoms in total. The topological polar surface area (TPSA) is 71.0 Å². The zero-order valence-corrected chi connectivity index (χ0v) is 18.6. The van der Waals surface area contributed by atoms with Gasteiger partial charge in [-0.05, 0) is 49.8 Å². The predicted octanol–water partition coefficient (Wildman–Crippen LogP) is 4.45. The van der Waals surface area contributed by atoms with Crippen LogP contribution in [0.1, 0.15) is 29.0 Å². The molecule has 1 N–H and O–H groups in total. The molecule has 0 atom stereocenters. The quantitative estimate of drug-likeness (QED) is 0.511. The molecular formula is C22H23N5OS2. The number of pyridine rings is 1. The second-order valence-electron chi connectivity index (χ2n) is 7.80. The van der Waals surface area contributed by atoms with Crippen LogP contribution in [-0.4, -0.2) is 33.9 Å². The summed E-state index contributed by atoms with van der Waals surface area (Å²) in [6.07, 6.45) is 3.33. The van der Waals surface area contributed by atoms with Gasteiger partial charge in [-0.25, -0.2) is 15.0 Å². The number of carbonyl (C=O) groups excluding carboxylic acids is 1. The fourth-order valence-corrected chi connectivity index (χ4v) is 6.12. The van der Waals surface area contributed by atoms with Gasteiger partial charge in [0.15, 0.2) is 0 Å². The summed E-state index contributed by atoms with van der Waals surface area (Å²) >= 11 is 3.34. The first kappa shape index (κ1) is 19.4. The van der Waals surface area contributed by atoms with Gasteiger partial charge in [0.25, 0.3) is 0 Å². The Bertz CT molecular complexity index is 1210. The summed E-state index contributed by atoms with van der Waals surface area (Å²) in [6, 6.07) is 6.17. The van der Waals surface area contributed by atoms with Crippen molar-refractivity contribution in [2.75, 3.05) is 18.0 Å². The Hall–Kier alpha value is -2.58. The van der Waals surface area contributed by atoms with Crippen molar-refractivity contribution >= 4 is 54.8 Å². The van der Waals surface area contributed by atoms with E-state index in [2.05, 4.69) is 39.2 Å². The van der Waals surface area contributed by atoms with E-state index in [1.165, 1.54) is 10.4 Å². The van der Waals surface area contributed by atoms with Gasteiger partial charge in [0.1, 0.15) is 17.0 Å². The standard InChI is InChI=1S/C22H23N5OS2/c1-13-10-14(2)26-22-17(13)18-19(30-22)20(25-12-24-18)27-7-5-15(6-8-27)21(28)23-11-16-4-3-9-29-16/h3-4,9-10,12,15H,5-8,11H2,1-2H3,(H,23,28). The first-order valence-corrected chi connectivity index (χ1v) is 11.9. The number of piperidine rings is 1. The lowest BCUT2D eigenvalue weighted by Gasteiger charge is -2.32. The normalized spacial score (nSPS) is 15.2. The third-order valence-electron chi connectivity index (χ3n) is 5.71. The van der Waals surface area contributed by atoms with Crippen LogP contribution in [0.4, 0.5) is 5.82 Å². The van der Waals surface area contributed by atoms with E-state index < -0.39 is 0 Å². The van der Waals surface area contributed by atoms with Crippen LogP contribution in [-0.2, 0) is 11.3 Å². The van der Waals surface area contributed by atoms with Gasteiger partial charge in [0, 0.05) is 35.0 Å². The Balaban J connectivity index is 1.33. The highest BCUT2D eigenvalue weighted by molar-refractivity contribution is 7.26. The Morgan fingerprint density at radius 2 is 2.10 bits per heavy atom. The third kappa shape index (κ3) is 3.54. The van der Waals surface area contributed by atoms with E-state index in [-0.39, 0.29) is 11.8 Å². The summed E-state index contributed by atoms with van der Waals surface area (Å²) in [6.45, 7) is 6.41. The number of fused-ring (bicyclic) bond motifs is 3. The largest absolute Gasteiger partial charge is 0.355 e. The Morgan fingerprint density at radius 3 is 2.87 bits per heavy atom. The molecule has 0 saturated carbocycles. The van der Waals surface area contributed by atoms with Gasteiger partial charge in [0.2, 0.25) is 5.91 Å². The molecule has 0 radical (unpaired) electrons. The molecule has 1 amide bonds. The van der Waals surface area contributed by atoms with Crippen LogP contribution in [0.3, 0.4) is 0 Å². The number of rotatable bonds is 4. The highest BCUT2D eigenvalue weighted by atomic mass is 32.1. The van der Waals surface area contributed by atoms with E-state index in [1.807, 2.05) is 18.4 Å². The molecule has 30 heavy (non-hydrogen) atoms. The summed E-state index contributed by atoms with van der Waals surface area (Å²) < 4.78 is 1.09. The van der Waals surface area contributed by atoms with E-state index in [0.29, 0.717) is 6.54 Å². The van der Waals surface area contributed by atoms with Crippen molar-refractivity contribution in [3.8, 4) is 0 Å². The summed E-state index contributed by atoms with van der Waals surface area (Å²) in [7, 11) is 0. The summed E-state index contributed by atoms with van der Waals surface area (Å²) in [5, 5.41) is 6.26. The molecule has 5 rings (SSSR count). The first-order chi connectivity index (χ1) is 14.6. The van der Waals surface area contributed by atoms with E-state index in [0.717, 1.165) is 57.9 Å².